The molecule has 0 radical (unpaired) electrons. The first-order valence-electron chi connectivity index (χ1n) is 7.07. The molecule has 0 saturated carbocycles. The van der Waals surface area contributed by atoms with Crippen LogP contribution in [0.15, 0.2) is 4.52 Å². The van der Waals surface area contributed by atoms with E-state index in [-0.39, 0.29) is 6.10 Å². The van der Waals surface area contributed by atoms with Gasteiger partial charge in [0.05, 0.1) is 19.1 Å². The van der Waals surface area contributed by atoms with E-state index in [2.05, 4.69) is 22.0 Å². The average Bonchev–Trinajstić information content (AvgIpc) is 2.87. The summed E-state index contributed by atoms with van der Waals surface area (Å²) in [5.74, 6) is 1.09. The van der Waals surface area contributed by atoms with Crippen LogP contribution in [0.3, 0.4) is 0 Å². The number of ether oxygens (including phenoxy) is 1. The fourth-order valence-electron chi connectivity index (χ4n) is 2.26. The molecule has 2 atom stereocenters. The van der Waals surface area contributed by atoms with Crippen molar-refractivity contribution >= 4 is 0 Å². The third-order valence-electron chi connectivity index (χ3n) is 3.40. The molecule has 1 aromatic heterocycles. The molecule has 1 saturated heterocycles. The van der Waals surface area contributed by atoms with Gasteiger partial charge in [0.1, 0.15) is 6.10 Å². The lowest BCUT2D eigenvalue weighted by Gasteiger charge is -2.30. The number of aliphatic hydroxyl groups is 1. The highest BCUT2D eigenvalue weighted by Gasteiger charge is 2.25. The summed E-state index contributed by atoms with van der Waals surface area (Å²) in [6.45, 7) is 7.61. The quantitative estimate of drug-likeness (QED) is 0.835. The molecule has 0 spiro atoms. The Morgan fingerprint density at radius 2 is 2.32 bits per heavy atom. The van der Waals surface area contributed by atoms with Gasteiger partial charge in [-0.25, -0.2) is 0 Å². The molecule has 0 amide bonds. The number of morpholine rings is 1. The van der Waals surface area contributed by atoms with Gasteiger partial charge < -0.3 is 14.4 Å². The number of aliphatic hydroxyl groups excluding tert-OH is 1. The van der Waals surface area contributed by atoms with Crippen LogP contribution in [-0.2, 0) is 11.2 Å². The first kappa shape index (κ1) is 14.4. The molecule has 0 aromatic carbocycles. The van der Waals surface area contributed by atoms with Gasteiger partial charge in [-0.3, -0.25) is 4.90 Å². The predicted molar refractivity (Wildman–Crippen MR) is 69.7 cm³/mol. The van der Waals surface area contributed by atoms with Crippen molar-refractivity contribution in [1.29, 1.82) is 0 Å². The van der Waals surface area contributed by atoms with Crippen LogP contribution in [-0.4, -0.2) is 52.5 Å². The molecule has 1 aliphatic rings. The molecule has 19 heavy (non-hydrogen) atoms. The molecule has 2 unspecified atom stereocenters. The number of rotatable bonds is 6. The highest BCUT2D eigenvalue weighted by Crippen LogP contribution is 2.20. The van der Waals surface area contributed by atoms with Gasteiger partial charge >= 0.3 is 0 Å². The number of nitrogens with zero attached hydrogens (tertiary/aromatic N) is 3. The van der Waals surface area contributed by atoms with E-state index >= 15 is 0 Å². The zero-order valence-electron chi connectivity index (χ0n) is 11.7. The Bertz CT molecular complexity index is 383. The van der Waals surface area contributed by atoms with E-state index in [1.54, 1.807) is 0 Å². The average molecular weight is 269 g/mol. The summed E-state index contributed by atoms with van der Waals surface area (Å²) in [5.41, 5.74) is 0. The Hall–Kier alpha value is -0.980. The van der Waals surface area contributed by atoms with Gasteiger partial charge in [-0.05, 0) is 13.0 Å². The number of hydrogen-bond acceptors (Lipinski definition) is 6. The van der Waals surface area contributed by atoms with Crippen LogP contribution in [0.5, 0.6) is 0 Å². The van der Waals surface area contributed by atoms with Gasteiger partial charge in [-0.2, -0.15) is 4.98 Å². The van der Waals surface area contributed by atoms with E-state index < -0.39 is 6.10 Å². The summed E-state index contributed by atoms with van der Waals surface area (Å²) in [6.07, 6.45) is 1.60. The second-order valence-electron chi connectivity index (χ2n) is 4.95. The van der Waals surface area contributed by atoms with Crippen molar-refractivity contribution in [2.75, 3.05) is 26.2 Å². The Labute approximate surface area is 113 Å². The van der Waals surface area contributed by atoms with Gasteiger partial charge in [0.25, 0.3) is 0 Å². The molecule has 2 heterocycles. The summed E-state index contributed by atoms with van der Waals surface area (Å²) in [5, 5.41) is 13.7. The molecule has 1 N–H and O–H groups in total. The van der Waals surface area contributed by atoms with Crippen molar-refractivity contribution in [3.63, 3.8) is 0 Å². The van der Waals surface area contributed by atoms with Crippen molar-refractivity contribution in [3.8, 4) is 0 Å². The van der Waals surface area contributed by atoms with Crippen LogP contribution in [0.4, 0.5) is 0 Å². The summed E-state index contributed by atoms with van der Waals surface area (Å²) >= 11 is 0. The minimum absolute atomic E-state index is 0.116. The van der Waals surface area contributed by atoms with Gasteiger partial charge in [-0.15, -0.1) is 0 Å². The van der Waals surface area contributed by atoms with E-state index in [9.17, 15) is 5.11 Å². The molecule has 1 aromatic rings. The fraction of sp³-hybridized carbons (Fsp3) is 0.846. The molecule has 2 rings (SSSR count). The molecule has 1 fully saturated rings. The summed E-state index contributed by atoms with van der Waals surface area (Å²) in [4.78, 5) is 6.64. The highest BCUT2D eigenvalue weighted by molar-refractivity contribution is 4.95. The summed E-state index contributed by atoms with van der Waals surface area (Å²) in [7, 11) is 0. The third-order valence-corrected chi connectivity index (χ3v) is 3.40. The Morgan fingerprint density at radius 1 is 1.47 bits per heavy atom. The molecule has 6 nitrogen and oxygen atoms in total. The van der Waals surface area contributed by atoms with Gasteiger partial charge in [-0.1, -0.05) is 25.4 Å². The van der Waals surface area contributed by atoms with E-state index in [1.165, 1.54) is 0 Å². The first-order valence-corrected chi connectivity index (χ1v) is 7.07. The van der Waals surface area contributed by atoms with E-state index in [0.29, 0.717) is 24.7 Å². The van der Waals surface area contributed by atoms with E-state index in [0.717, 1.165) is 32.5 Å². The maximum atomic E-state index is 9.74. The Morgan fingerprint density at radius 3 is 3.05 bits per heavy atom. The van der Waals surface area contributed by atoms with Crippen molar-refractivity contribution in [3.05, 3.63) is 11.7 Å². The Balaban J connectivity index is 1.92. The van der Waals surface area contributed by atoms with Crippen molar-refractivity contribution < 1.29 is 14.4 Å². The zero-order valence-corrected chi connectivity index (χ0v) is 11.7. The number of hydrogen-bond donors (Lipinski definition) is 1. The first-order chi connectivity index (χ1) is 9.22. The van der Waals surface area contributed by atoms with Crippen LogP contribution in [0.2, 0.25) is 0 Å². The summed E-state index contributed by atoms with van der Waals surface area (Å²) < 4.78 is 10.9. The SMILES string of the molecule is CCCC(O)Cc1nc(C2CN(CC)CCO2)no1. The van der Waals surface area contributed by atoms with Gasteiger partial charge in [0.2, 0.25) is 11.7 Å². The molecule has 6 heteroatoms. The van der Waals surface area contributed by atoms with Gasteiger partial charge in [0, 0.05) is 13.1 Å². The lowest BCUT2D eigenvalue weighted by atomic mass is 10.1. The lowest BCUT2D eigenvalue weighted by molar-refractivity contribution is -0.0334. The minimum Gasteiger partial charge on any atom is -0.393 e. The standard InChI is InChI=1S/C13H23N3O3/c1-3-5-10(17)8-12-14-13(15-19-12)11-9-16(4-2)6-7-18-11/h10-11,17H,3-9H2,1-2H3. The van der Waals surface area contributed by atoms with Crippen LogP contribution in [0.25, 0.3) is 0 Å². The molecular weight excluding hydrogens is 246 g/mol. The van der Waals surface area contributed by atoms with E-state index in [1.807, 2.05) is 6.92 Å². The zero-order chi connectivity index (χ0) is 13.7. The normalized spacial score (nSPS) is 22.6. The fourth-order valence-corrected chi connectivity index (χ4v) is 2.26. The second-order valence-corrected chi connectivity index (χ2v) is 4.95. The van der Waals surface area contributed by atoms with E-state index in [4.69, 9.17) is 9.26 Å². The minimum atomic E-state index is -0.405. The molecule has 0 bridgehead atoms. The molecule has 1 aliphatic heterocycles. The van der Waals surface area contributed by atoms with Crippen LogP contribution < -0.4 is 0 Å². The maximum absolute atomic E-state index is 9.74. The topological polar surface area (TPSA) is 71.6 Å². The maximum Gasteiger partial charge on any atom is 0.229 e. The largest absolute Gasteiger partial charge is 0.393 e. The van der Waals surface area contributed by atoms with Crippen molar-refractivity contribution in [1.82, 2.24) is 15.0 Å². The van der Waals surface area contributed by atoms with Gasteiger partial charge in [0.15, 0.2) is 0 Å². The Kier molecular flexibility index (Phi) is 5.30. The second kappa shape index (κ2) is 6.98. The molecule has 108 valence electrons. The predicted octanol–water partition coefficient (Wildman–Crippen LogP) is 1.17. The van der Waals surface area contributed by atoms with Crippen molar-refractivity contribution in [2.24, 2.45) is 0 Å². The summed E-state index contributed by atoms with van der Waals surface area (Å²) in [6, 6.07) is 0. The number of likely N-dealkylation sites (N-methyl/N-ethyl adjacent to an activating group) is 1. The van der Waals surface area contributed by atoms with Crippen LogP contribution >= 0.6 is 0 Å². The molecule has 0 aliphatic carbocycles. The third kappa shape index (κ3) is 3.99. The molecular formula is C13H23N3O3. The van der Waals surface area contributed by atoms with Crippen LogP contribution in [0, 0.1) is 0 Å². The van der Waals surface area contributed by atoms with Crippen molar-refractivity contribution in [2.45, 2.75) is 45.3 Å². The smallest absolute Gasteiger partial charge is 0.229 e. The highest BCUT2D eigenvalue weighted by atomic mass is 16.5. The lowest BCUT2D eigenvalue weighted by Crippen LogP contribution is -2.38. The number of aromatic nitrogens is 2. The monoisotopic (exact) mass is 269 g/mol. The van der Waals surface area contributed by atoms with Crippen LogP contribution in [0.1, 0.15) is 44.5 Å².